The molecule has 1 atom stereocenters. The molecule has 1 aromatic heterocycles. The number of aliphatic hydroxyl groups excluding tert-OH is 1. The number of nitrogens with zero attached hydrogens (tertiary/aromatic N) is 2. The van der Waals surface area contributed by atoms with Crippen molar-refractivity contribution in [2.45, 2.75) is 13.0 Å². The summed E-state index contributed by atoms with van der Waals surface area (Å²) in [6.07, 6.45) is 2.32. The van der Waals surface area contributed by atoms with E-state index >= 15 is 0 Å². The van der Waals surface area contributed by atoms with Gasteiger partial charge in [0.15, 0.2) is 0 Å². The fourth-order valence-electron chi connectivity index (χ4n) is 1.45. The summed E-state index contributed by atoms with van der Waals surface area (Å²) in [4.78, 5) is 8.07. The van der Waals surface area contributed by atoms with E-state index in [0.29, 0.717) is 27.0 Å². The van der Waals surface area contributed by atoms with Crippen LogP contribution in [-0.2, 0) is 0 Å². The molecule has 2 aromatic rings. The third kappa shape index (κ3) is 2.75. The molecule has 0 bridgehead atoms. The van der Waals surface area contributed by atoms with Crippen molar-refractivity contribution < 1.29 is 5.11 Å². The maximum Gasteiger partial charge on any atom is 0.125 e. The van der Waals surface area contributed by atoms with E-state index in [2.05, 4.69) is 9.97 Å². The van der Waals surface area contributed by atoms with Gasteiger partial charge in [0, 0.05) is 33.6 Å². The summed E-state index contributed by atoms with van der Waals surface area (Å²) in [7, 11) is 0. The van der Waals surface area contributed by atoms with Gasteiger partial charge in [0.2, 0.25) is 0 Å². The molecule has 3 nitrogen and oxygen atoms in total. The molecule has 88 valence electrons. The fraction of sp³-hybridized carbons (Fsp3) is 0.167. The minimum absolute atomic E-state index is 0.422. The van der Waals surface area contributed by atoms with Gasteiger partial charge < -0.3 is 5.11 Å². The number of halogens is 2. The highest BCUT2D eigenvalue weighted by atomic mass is 35.5. The van der Waals surface area contributed by atoms with E-state index in [1.807, 2.05) is 0 Å². The van der Waals surface area contributed by atoms with Gasteiger partial charge in [0.05, 0.1) is 0 Å². The molecule has 0 saturated carbocycles. The van der Waals surface area contributed by atoms with Gasteiger partial charge in [-0.1, -0.05) is 29.3 Å². The average Bonchev–Trinajstić information content (AvgIpc) is 2.29. The van der Waals surface area contributed by atoms with Crippen molar-refractivity contribution >= 4 is 23.2 Å². The van der Waals surface area contributed by atoms with Gasteiger partial charge in [0.1, 0.15) is 11.9 Å². The molecule has 1 aromatic carbocycles. The first-order chi connectivity index (χ1) is 8.08. The number of hydrogen-bond acceptors (Lipinski definition) is 3. The van der Waals surface area contributed by atoms with Crippen molar-refractivity contribution in [3.05, 3.63) is 57.6 Å². The van der Waals surface area contributed by atoms with E-state index in [9.17, 15) is 5.11 Å². The zero-order chi connectivity index (χ0) is 12.4. The first-order valence-electron chi connectivity index (χ1n) is 4.99. The van der Waals surface area contributed by atoms with Crippen LogP contribution in [-0.4, -0.2) is 15.1 Å². The second kappa shape index (κ2) is 5.00. The van der Waals surface area contributed by atoms with E-state index in [0.717, 1.165) is 0 Å². The molecule has 0 fully saturated rings. The molecule has 0 amide bonds. The Morgan fingerprint density at radius 3 is 2.41 bits per heavy atom. The van der Waals surface area contributed by atoms with Gasteiger partial charge in [-0.25, -0.2) is 9.97 Å². The summed E-state index contributed by atoms with van der Waals surface area (Å²) in [5.41, 5.74) is 1.18. The molecular weight excluding hydrogens is 259 g/mol. The summed E-state index contributed by atoms with van der Waals surface area (Å²) in [5, 5.41) is 11.1. The van der Waals surface area contributed by atoms with Gasteiger partial charge in [-0.3, -0.25) is 0 Å². The van der Waals surface area contributed by atoms with Crippen LogP contribution in [0, 0.1) is 6.92 Å². The Morgan fingerprint density at radius 1 is 1.18 bits per heavy atom. The third-order valence-electron chi connectivity index (χ3n) is 2.37. The number of aryl methyl sites for hydroxylation is 1. The highest BCUT2D eigenvalue weighted by Crippen LogP contribution is 2.29. The van der Waals surface area contributed by atoms with Crippen molar-refractivity contribution in [2.24, 2.45) is 0 Å². The van der Waals surface area contributed by atoms with Crippen LogP contribution < -0.4 is 0 Å². The summed E-state index contributed by atoms with van der Waals surface area (Å²) in [6.45, 7) is 1.78. The summed E-state index contributed by atoms with van der Waals surface area (Å²) in [5.74, 6) is 0.656. The Hall–Kier alpha value is -1.16. The first-order valence-corrected chi connectivity index (χ1v) is 5.75. The quantitative estimate of drug-likeness (QED) is 0.910. The number of aliphatic hydroxyl groups is 1. The topological polar surface area (TPSA) is 46.0 Å². The highest BCUT2D eigenvalue weighted by Gasteiger charge is 2.14. The normalized spacial score (nSPS) is 12.5. The molecule has 2 rings (SSSR count). The molecule has 0 spiro atoms. The summed E-state index contributed by atoms with van der Waals surface area (Å²) < 4.78 is 0. The number of aromatic nitrogens is 2. The zero-order valence-corrected chi connectivity index (χ0v) is 10.6. The Labute approximate surface area is 109 Å². The van der Waals surface area contributed by atoms with E-state index in [4.69, 9.17) is 23.2 Å². The molecule has 0 saturated heterocycles. The van der Waals surface area contributed by atoms with Crippen LogP contribution in [0.25, 0.3) is 0 Å². The lowest BCUT2D eigenvalue weighted by molar-refractivity contribution is 0.219. The average molecular weight is 269 g/mol. The van der Waals surface area contributed by atoms with Crippen LogP contribution in [0.3, 0.4) is 0 Å². The lowest BCUT2D eigenvalue weighted by Gasteiger charge is -2.12. The standard InChI is InChI=1S/C12H10Cl2N2O/c1-7-15-5-8(6-16-7)12(17)10-3-2-9(13)4-11(10)14/h2-6,12,17H,1H3. The van der Waals surface area contributed by atoms with Crippen molar-refractivity contribution in [1.82, 2.24) is 9.97 Å². The van der Waals surface area contributed by atoms with Crippen molar-refractivity contribution in [3.63, 3.8) is 0 Å². The van der Waals surface area contributed by atoms with Crippen LogP contribution >= 0.6 is 23.2 Å². The molecule has 0 aliphatic carbocycles. The van der Waals surface area contributed by atoms with Crippen molar-refractivity contribution in [3.8, 4) is 0 Å². The Bertz CT molecular complexity index is 529. The van der Waals surface area contributed by atoms with Crippen LogP contribution in [0.15, 0.2) is 30.6 Å². The second-order valence-corrected chi connectivity index (χ2v) is 4.48. The molecular formula is C12H10Cl2N2O. The van der Waals surface area contributed by atoms with Gasteiger partial charge in [-0.2, -0.15) is 0 Å². The summed E-state index contributed by atoms with van der Waals surface area (Å²) in [6, 6.07) is 4.97. The van der Waals surface area contributed by atoms with Gasteiger partial charge in [-0.05, 0) is 19.1 Å². The lowest BCUT2D eigenvalue weighted by Crippen LogP contribution is -2.02. The maximum atomic E-state index is 10.1. The minimum Gasteiger partial charge on any atom is -0.383 e. The molecule has 0 aliphatic heterocycles. The van der Waals surface area contributed by atoms with E-state index in [-0.39, 0.29) is 0 Å². The van der Waals surface area contributed by atoms with Crippen LogP contribution in [0.2, 0.25) is 10.0 Å². The molecule has 0 radical (unpaired) electrons. The monoisotopic (exact) mass is 268 g/mol. The predicted molar refractivity (Wildman–Crippen MR) is 67.3 cm³/mol. The van der Waals surface area contributed by atoms with Crippen LogP contribution in [0.4, 0.5) is 0 Å². The predicted octanol–water partition coefficient (Wildman–Crippen LogP) is 3.17. The molecule has 5 heteroatoms. The van der Waals surface area contributed by atoms with Crippen LogP contribution in [0.5, 0.6) is 0 Å². The molecule has 1 heterocycles. The third-order valence-corrected chi connectivity index (χ3v) is 2.94. The number of rotatable bonds is 2. The fourth-order valence-corrected chi connectivity index (χ4v) is 1.96. The maximum absolute atomic E-state index is 10.1. The van der Waals surface area contributed by atoms with Crippen molar-refractivity contribution in [2.75, 3.05) is 0 Å². The van der Waals surface area contributed by atoms with E-state index in [1.54, 1.807) is 37.5 Å². The SMILES string of the molecule is Cc1ncc(C(O)c2ccc(Cl)cc2Cl)cn1. The zero-order valence-electron chi connectivity index (χ0n) is 9.06. The molecule has 0 aliphatic rings. The smallest absolute Gasteiger partial charge is 0.125 e. The first kappa shape index (κ1) is 12.3. The Kier molecular flexibility index (Phi) is 3.62. The summed E-state index contributed by atoms with van der Waals surface area (Å²) >= 11 is 11.8. The Balaban J connectivity index is 2.36. The second-order valence-electron chi connectivity index (χ2n) is 3.63. The van der Waals surface area contributed by atoms with Gasteiger partial charge in [0.25, 0.3) is 0 Å². The highest BCUT2D eigenvalue weighted by molar-refractivity contribution is 6.35. The van der Waals surface area contributed by atoms with E-state index in [1.165, 1.54) is 0 Å². The number of hydrogen-bond donors (Lipinski definition) is 1. The van der Waals surface area contributed by atoms with Crippen molar-refractivity contribution in [1.29, 1.82) is 0 Å². The van der Waals surface area contributed by atoms with Gasteiger partial charge >= 0.3 is 0 Å². The van der Waals surface area contributed by atoms with Gasteiger partial charge in [-0.15, -0.1) is 0 Å². The minimum atomic E-state index is -0.847. The number of benzene rings is 1. The molecule has 17 heavy (non-hydrogen) atoms. The largest absolute Gasteiger partial charge is 0.383 e. The molecule has 1 unspecified atom stereocenters. The lowest BCUT2D eigenvalue weighted by atomic mass is 10.0. The van der Waals surface area contributed by atoms with Crippen LogP contribution in [0.1, 0.15) is 23.1 Å². The van der Waals surface area contributed by atoms with E-state index < -0.39 is 6.10 Å². The Morgan fingerprint density at radius 2 is 1.82 bits per heavy atom. The molecule has 1 N–H and O–H groups in total.